The van der Waals surface area contributed by atoms with Crippen molar-refractivity contribution >= 4 is 0 Å². The van der Waals surface area contributed by atoms with E-state index in [1.807, 2.05) is 7.05 Å². The normalized spacial score (nSPS) is 51.8. The molecule has 0 aromatic carbocycles. The predicted octanol–water partition coefficient (Wildman–Crippen LogP) is 3.34. The molecular formula is C31H47NO6. The van der Waals surface area contributed by atoms with Crippen LogP contribution in [0.2, 0.25) is 0 Å². The molecule has 2 aliphatic heterocycles. The zero-order valence-electron chi connectivity index (χ0n) is 23.1. The summed E-state index contributed by atoms with van der Waals surface area (Å²) in [6.45, 7) is 4.73. The summed E-state index contributed by atoms with van der Waals surface area (Å²) in [4.78, 5) is 0. The van der Waals surface area contributed by atoms with Crippen LogP contribution in [0, 0.1) is 35.0 Å². The molecule has 4 saturated carbocycles. The van der Waals surface area contributed by atoms with Crippen molar-refractivity contribution in [2.75, 3.05) is 33.5 Å². The van der Waals surface area contributed by atoms with Gasteiger partial charge >= 0.3 is 0 Å². The quantitative estimate of drug-likeness (QED) is 0.506. The number of rotatable bonds is 2. The largest absolute Gasteiger partial charge is 0.392 e. The maximum absolute atomic E-state index is 12.5. The highest BCUT2D eigenvalue weighted by Gasteiger charge is 2.71. The minimum absolute atomic E-state index is 0.00387. The Hall–Kier alpha value is -0.800. The van der Waals surface area contributed by atoms with E-state index in [9.17, 15) is 10.2 Å². The molecule has 212 valence electrons. The zero-order chi connectivity index (χ0) is 26.1. The molecule has 7 rings (SSSR count). The average molecular weight is 530 g/mol. The fourth-order valence-electron chi connectivity index (χ4n) is 10.3. The van der Waals surface area contributed by atoms with Gasteiger partial charge in [-0.1, -0.05) is 25.2 Å². The van der Waals surface area contributed by atoms with E-state index in [2.05, 4.69) is 30.5 Å². The molecule has 3 unspecified atom stereocenters. The summed E-state index contributed by atoms with van der Waals surface area (Å²) < 4.78 is 25.2. The first-order valence-electron chi connectivity index (χ1n) is 15.3. The molecule has 5 aliphatic carbocycles. The van der Waals surface area contributed by atoms with Crippen molar-refractivity contribution in [3.05, 3.63) is 23.8 Å². The van der Waals surface area contributed by atoms with Gasteiger partial charge in [-0.25, -0.2) is 0 Å². The van der Waals surface area contributed by atoms with Crippen molar-refractivity contribution in [2.24, 2.45) is 35.0 Å². The number of fused-ring (bicyclic) bond motifs is 8. The molecule has 11 atom stereocenters. The van der Waals surface area contributed by atoms with E-state index in [0.29, 0.717) is 62.6 Å². The Labute approximate surface area is 227 Å². The Bertz CT molecular complexity index is 962. The number of hydrogen-bond donors (Lipinski definition) is 3. The number of likely N-dealkylation sites (N-methyl/N-ethyl adjacent to an activating group) is 1. The molecule has 0 radical (unpaired) electrons. The summed E-state index contributed by atoms with van der Waals surface area (Å²) in [7, 11) is 2.01. The second-order valence-electron chi connectivity index (χ2n) is 13.6. The molecule has 0 aromatic heterocycles. The number of ether oxygens (including phenoxy) is 4. The third kappa shape index (κ3) is 3.87. The van der Waals surface area contributed by atoms with Gasteiger partial charge in [0.25, 0.3) is 0 Å². The highest BCUT2D eigenvalue weighted by molar-refractivity contribution is 5.33. The second-order valence-corrected chi connectivity index (χ2v) is 13.6. The summed E-state index contributed by atoms with van der Waals surface area (Å²) in [5.74, 6) is 0.686. The van der Waals surface area contributed by atoms with E-state index in [4.69, 9.17) is 18.9 Å². The first kappa shape index (κ1) is 26.1. The van der Waals surface area contributed by atoms with Gasteiger partial charge in [-0.2, -0.15) is 0 Å². The van der Waals surface area contributed by atoms with Crippen molar-refractivity contribution in [3.63, 3.8) is 0 Å². The van der Waals surface area contributed by atoms with Crippen molar-refractivity contribution in [1.82, 2.24) is 5.32 Å². The number of allylic oxidation sites excluding steroid dienone is 1. The van der Waals surface area contributed by atoms with Crippen LogP contribution < -0.4 is 5.32 Å². The third-order valence-electron chi connectivity index (χ3n) is 12.1. The van der Waals surface area contributed by atoms with Gasteiger partial charge in [-0.05, 0) is 81.2 Å². The first-order chi connectivity index (χ1) is 18.4. The van der Waals surface area contributed by atoms with Crippen molar-refractivity contribution in [2.45, 2.75) is 100 Å². The lowest BCUT2D eigenvalue weighted by Crippen LogP contribution is -2.63. The van der Waals surface area contributed by atoms with Gasteiger partial charge in [-0.15, -0.1) is 0 Å². The predicted molar refractivity (Wildman–Crippen MR) is 142 cm³/mol. The molecule has 2 heterocycles. The Morgan fingerprint density at radius 2 is 1.74 bits per heavy atom. The first-order valence-corrected chi connectivity index (χ1v) is 15.3. The summed E-state index contributed by atoms with van der Waals surface area (Å²) in [5, 5.41) is 28.1. The van der Waals surface area contributed by atoms with Gasteiger partial charge in [0, 0.05) is 24.8 Å². The van der Waals surface area contributed by atoms with E-state index >= 15 is 0 Å². The minimum Gasteiger partial charge on any atom is -0.392 e. The Morgan fingerprint density at radius 3 is 2.47 bits per heavy atom. The van der Waals surface area contributed by atoms with E-state index in [1.54, 1.807) is 0 Å². The standard InChI is InChI=1S/C31H47NO6/c1-29-23(10-12-31(29)37-15-16-38-31)22-9-11-30(34)17-20(5-8-24-25(18-30)36-14-13-35-24)26(22)27(28(29)33)19-3-6-21(32-2)7-4-19/h3-4,6,20-28,32-34H,5,7-18H2,1-2H3/t20-,21?,22+,23+,24?,25?,26-,27-,28+,29-,30+/m1/s1. The molecule has 0 aromatic rings. The third-order valence-corrected chi connectivity index (χ3v) is 12.1. The molecule has 2 saturated heterocycles. The fraction of sp³-hybridized carbons (Fsp3) is 0.871. The SMILES string of the molecule is CNC1C=CC([C@@H]2[C@@H]3[C@@H]4CCC5OCCOC5C[C@](O)(CC[C@H]3[C@@H]3CCC5(OCCO5)[C@@]3(C)[C@H]2O)C4)=CC1. The van der Waals surface area contributed by atoms with Gasteiger partial charge in [-0.3, -0.25) is 0 Å². The van der Waals surface area contributed by atoms with Crippen molar-refractivity contribution < 1.29 is 29.2 Å². The molecule has 3 N–H and O–H groups in total. The van der Waals surface area contributed by atoms with Crippen LogP contribution in [0.3, 0.4) is 0 Å². The lowest BCUT2D eigenvalue weighted by molar-refractivity contribution is -0.280. The number of hydrogen-bond acceptors (Lipinski definition) is 7. The van der Waals surface area contributed by atoms with Crippen LogP contribution in [-0.4, -0.2) is 79.4 Å². The van der Waals surface area contributed by atoms with Gasteiger partial charge in [0.2, 0.25) is 0 Å². The number of nitrogens with one attached hydrogen (secondary N) is 1. The molecule has 2 bridgehead atoms. The van der Waals surface area contributed by atoms with E-state index in [1.165, 1.54) is 5.57 Å². The molecule has 7 nitrogen and oxygen atoms in total. The van der Waals surface area contributed by atoms with Crippen LogP contribution in [0.5, 0.6) is 0 Å². The van der Waals surface area contributed by atoms with Gasteiger partial charge in [0.1, 0.15) is 0 Å². The summed E-state index contributed by atoms with van der Waals surface area (Å²) in [6.07, 6.45) is 14.4. The van der Waals surface area contributed by atoms with Gasteiger partial charge < -0.3 is 34.5 Å². The number of aliphatic hydroxyl groups excluding tert-OH is 1. The van der Waals surface area contributed by atoms with Crippen molar-refractivity contribution in [3.8, 4) is 0 Å². The zero-order valence-corrected chi connectivity index (χ0v) is 23.1. The van der Waals surface area contributed by atoms with Crippen LogP contribution in [-0.2, 0) is 18.9 Å². The second kappa shape index (κ2) is 9.64. The van der Waals surface area contributed by atoms with Crippen LogP contribution >= 0.6 is 0 Å². The summed E-state index contributed by atoms with van der Waals surface area (Å²) in [5.41, 5.74) is 0.0428. The lowest BCUT2D eigenvalue weighted by Gasteiger charge is -2.59. The highest BCUT2D eigenvalue weighted by Crippen LogP contribution is 2.68. The van der Waals surface area contributed by atoms with Gasteiger partial charge in [0.15, 0.2) is 5.79 Å². The van der Waals surface area contributed by atoms with E-state index in [-0.39, 0.29) is 18.1 Å². The Morgan fingerprint density at radius 1 is 0.947 bits per heavy atom. The molecule has 0 amide bonds. The molecule has 38 heavy (non-hydrogen) atoms. The highest BCUT2D eigenvalue weighted by atomic mass is 16.7. The molecule has 1 spiro atoms. The fourth-order valence-corrected chi connectivity index (χ4v) is 10.3. The van der Waals surface area contributed by atoms with Crippen LogP contribution in [0.4, 0.5) is 0 Å². The summed E-state index contributed by atoms with van der Waals surface area (Å²) in [6, 6.07) is 0.332. The molecule has 7 aliphatic rings. The topological polar surface area (TPSA) is 89.4 Å². The molecular weight excluding hydrogens is 482 g/mol. The van der Waals surface area contributed by atoms with Gasteiger partial charge in [0.05, 0.1) is 55.8 Å². The Balaban J connectivity index is 1.31. The lowest BCUT2D eigenvalue weighted by atomic mass is 9.49. The average Bonchev–Trinajstić information content (AvgIpc) is 3.48. The maximum atomic E-state index is 12.5. The van der Waals surface area contributed by atoms with Crippen molar-refractivity contribution in [1.29, 1.82) is 0 Å². The molecule has 6 fully saturated rings. The Kier molecular flexibility index (Phi) is 6.63. The van der Waals surface area contributed by atoms with E-state index < -0.39 is 22.9 Å². The van der Waals surface area contributed by atoms with E-state index in [0.717, 1.165) is 51.4 Å². The number of aliphatic hydroxyl groups is 2. The summed E-state index contributed by atoms with van der Waals surface area (Å²) >= 11 is 0. The monoisotopic (exact) mass is 529 g/mol. The molecule has 7 heteroatoms. The van der Waals surface area contributed by atoms with Crippen LogP contribution in [0.25, 0.3) is 0 Å². The maximum Gasteiger partial charge on any atom is 0.176 e. The minimum atomic E-state index is -0.747. The van der Waals surface area contributed by atoms with Crippen LogP contribution in [0.15, 0.2) is 23.8 Å². The van der Waals surface area contributed by atoms with Crippen LogP contribution in [0.1, 0.15) is 64.7 Å². The smallest absolute Gasteiger partial charge is 0.176 e.